The predicted molar refractivity (Wildman–Crippen MR) is 54.6 cm³/mol. The summed E-state index contributed by atoms with van der Waals surface area (Å²) in [5, 5.41) is 0. The molecule has 0 bridgehead atoms. The Morgan fingerprint density at radius 1 is 1.15 bits per heavy atom. The van der Waals surface area contributed by atoms with Gasteiger partial charge in [-0.3, -0.25) is 4.79 Å². The fourth-order valence-electron chi connectivity index (χ4n) is 1.62. The topological polar surface area (TPSA) is 26.3 Å². The van der Waals surface area contributed by atoms with Gasteiger partial charge >= 0.3 is 0 Å². The zero-order valence-corrected chi connectivity index (χ0v) is 8.92. The van der Waals surface area contributed by atoms with Gasteiger partial charge in [-0.1, -0.05) is 46.0 Å². The molecule has 78 valence electrons. The van der Waals surface area contributed by atoms with Gasteiger partial charge in [-0.2, -0.15) is 0 Å². The molecule has 2 nitrogen and oxygen atoms in total. The van der Waals surface area contributed by atoms with Crippen molar-refractivity contribution >= 4 is 6.47 Å². The summed E-state index contributed by atoms with van der Waals surface area (Å²) in [7, 11) is 0. The first-order valence-corrected chi connectivity index (χ1v) is 5.40. The van der Waals surface area contributed by atoms with Crippen LogP contribution in [-0.4, -0.2) is 13.1 Å². The highest BCUT2D eigenvalue weighted by atomic mass is 16.5. The molecule has 13 heavy (non-hydrogen) atoms. The molecule has 0 aliphatic carbocycles. The van der Waals surface area contributed by atoms with Crippen molar-refractivity contribution < 1.29 is 9.53 Å². The Balaban J connectivity index is 3.46. The summed E-state index contributed by atoms with van der Waals surface area (Å²) >= 11 is 0. The molecule has 0 radical (unpaired) electrons. The van der Waals surface area contributed by atoms with Crippen molar-refractivity contribution in [2.75, 3.05) is 6.61 Å². The monoisotopic (exact) mass is 186 g/mol. The van der Waals surface area contributed by atoms with Gasteiger partial charge in [0.2, 0.25) is 0 Å². The van der Waals surface area contributed by atoms with E-state index in [4.69, 9.17) is 4.74 Å². The molecule has 2 heteroatoms. The summed E-state index contributed by atoms with van der Waals surface area (Å²) in [5.41, 5.74) is 0. The van der Waals surface area contributed by atoms with Gasteiger partial charge < -0.3 is 4.74 Å². The molecule has 0 aromatic heterocycles. The Morgan fingerprint density at radius 3 is 2.46 bits per heavy atom. The van der Waals surface area contributed by atoms with Crippen LogP contribution < -0.4 is 0 Å². The van der Waals surface area contributed by atoms with Crippen LogP contribution >= 0.6 is 0 Å². The number of carbonyl (C=O) groups is 1. The van der Waals surface area contributed by atoms with Crippen LogP contribution in [-0.2, 0) is 9.53 Å². The molecule has 0 aromatic rings. The highest BCUT2D eigenvalue weighted by molar-refractivity contribution is 5.36. The standard InChI is InChI=1S/C11H22O2/c1-3-5-7-11(6-4-2)8-9-13-10-12/h10-11H,3-9H2,1-2H3. The highest BCUT2D eigenvalue weighted by Crippen LogP contribution is 2.18. The fourth-order valence-corrected chi connectivity index (χ4v) is 1.62. The lowest BCUT2D eigenvalue weighted by atomic mass is 9.94. The van der Waals surface area contributed by atoms with Gasteiger partial charge in [-0.05, 0) is 12.3 Å². The van der Waals surface area contributed by atoms with Crippen molar-refractivity contribution in [2.45, 2.75) is 52.4 Å². The Morgan fingerprint density at radius 2 is 1.92 bits per heavy atom. The first kappa shape index (κ1) is 12.5. The van der Waals surface area contributed by atoms with Crippen LogP contribution in [0.1, 0.15) is 52.4 Å². The molecule has 0 spiro atoms. The van der Waals surface area contributed by atoms with Crippen molar-refractivity contribution in [2.24, 2.45) is 5.92 Å². The molecule has 0 rings (SSSR count). The molecular formula is C11H22O2. The molecule has 0 N–H and O–H groups in total. The smallest absolute Gasteiger partial charge is 0.293 e. The van der Waals surface area contributed by atoms with Crippen molar-refractivity contribution in [1.82, 2.24) is 0 Å². The summed E-state index contributed by atoms with van der Waals surface area (Å²) in [4.78, 5) is 9.94. The number of rotatable bonds is 9. The summed E-state index contributed by atoms with van der Waals surface area (Å²) in [6.07, 6.45) is 7.37. The molecule has 0 amide bonds. The lowest BCUT2D eigenvalue weighted by Gasteiger charge is -2.14. The second-order valence-electron chi connectivity index (χ2n) is 3.55. The molecule has 0 aliphatic rings. The molecule has 1 atom stereocenters. The number of carbonyl (C=O) groups excluding carboxylic acids is 1. The van der Waals surface area contributed by atoms with Gasteiger partial charge in [-0.15, -0.1) is 0 Å². The van der Waals surface area contributed by atoms with E-state index < -0.39 is 0 Å². The van der Waals surface area contributed by atoms with Crippen molar-refractivity contribution in [1.29, 1.82) is 0 Å². The van der Waals surface area contributed by atoms with Crippen molar-refractivity contribution in [3.63, 3.8) is 0 Å². The second-order valence-corrected chi connectivity index (χ2v) is 3.55. The van der Waals surface area contributed by atoms with Crippen LogP contribution in [0.25, 0.3) is 0 Å². The molecule has 0 aliphatic heterocycles. The zero-order chi connectivity index (χ0) is 9.94. The normalized spacial score (nSPS) is 12.5. The van der Waals surface area contributed by atoms with Gasteiger partial charge in [0, 0.05) is 0 Å². The van der Waals surface area contributed by atoms with Crippen molar-refractivity contribution in [3.8, 4) is 0 Å². The van der Waals surface area contributed by atoms with Gasteiger partial charge in [0.1, 0.15) is 0 Å². The van der Waals surface area contributed by atoms with E-state index in [-0.39, 0.29) is 0 Å². The zero-order valence-electron chi connectivity index (χ0n) is 8.92. The molecule has 0 saturated heterocycles. The second kappa shape index (κ2) is 9.56. The van der Waals surface area contributed by atoms with Gasteiger partial charge in [0.15, 0.2) is 0 Å². The van der Waals surface area contributed by atoms with Crippen LogP contribution in [0, 0.1) is 5.92 Å². The SMILES string of the molecule is CCCCC(CCC)CCOC=O. The Labute approximate surface area is 81.7 Å². The first-order chi connectivity index (χ1) is 6.35. The number of unbranched alkanes of at least 4 members (excludes halogenated alkanes) is 1. The third kappa shape index (κ3) is 7.82. The van der Waals surface area contributed by atoms with E-state index in [0.29, 0.717) is 13.1 Å². The molecule has 0 fully saturated rings. The maximum atomic E-state index is 9.94. The van der Waals surface area contributed by atoms with Gasteiger partial charge in [0.05, 0.1) is 6.61 Å². The van der Waals surface area contributed by atoms with Crippen molar-refractivity contribution in [3.05, 3.63) is 0 Å². The average Bonchev–Trinajstić information content (AvgIpc) is 2.14. The molecular weight excluding hydrogens is 164 g/mol. The predicted octanol–water partition coefficient (Wildman–Crippen LogP) is 3.16. The Kier molecular flexibility index (Phi) is 9.17. The maximum Gasteiger partial charge on any atom is 0.293 e. The van der Waals surface area contributed by atoms with E-state index in [1.807, 2.05) is 0 Å². The van der Waals surface area contributed by atoms with E-state index in [1.165, 1.54) is 32.1 Å². The largest absolute Gasteiger partial charge is 0.468 e. The quantitative estimate of drug-likeness (QED) is 0.408. The molecule has 0 heterocycles. The summed E-state index contributed by atoms with van der Waals surface area (Å²) < 4.78 is 4.71. The first-order valence-electron chi connectivity index (χ1n) is 5.40. The lowest BCUT2D eigenvalue weighted by Crippen LogP contribution is -2.05. The summed E-state index contributed by atoms with van der Waals surface area (Å²) in [5.74, 6) is 0.755. The Hall–Kier alpha value is -0.530. The minimum Gasteiger partial charge on any atom is -0.468 e. The minimum absolute atomic E-state index is 0.544. The van der Waals surface area contributed by atoms with E-state index in [0.717, 1.165) is 12.3 Å². The van der Waals surface area contributed by atoms with Crippen LogP contribution in [0.2, 0.25) is 0 Å². The van der Waals surface area contributed by atoms with E-state index >= 15 is 0 Å². The third-order valence-electron chi connectivity index (χ3n) is 2.37. The van der Waals surface area contributed by atoms with Crippen LogP contribution in [0.4, 0.5) is 0 Å². The van der Waals surface area contributed by atoms with E-state index in [2.05, 4.69) is 13.8 Å². The maximum absolute atomic E-state index is 9.94. The molecule has 0 saturated carbocycles. The van der Waals surface area contributed by atoms with Crippen LogP contribution in [0.3, 0.4) is 0 Å². The number of hydrogen-bond acceptors (Lipinski definition) is 2. The summed E-state index contributed by atoms with van der Waals surface area (Å²) in [6, 6.07) is 0. The minimum atomic E-state index is 0.544. The van der Waals surface area contributed by atoms with Gasteiger partial charge in [0.25, 0.3) is 6.47 Å². The number of ether oxygens (including phenoxy) is 1. The van der Waals surface area contributed by atoms with Gasteiger partial charge in [-0.25, -0.2) is 0 Å². The lowest BCUT2D eigenvalue weighted by molar-refractivity contribution is -0.129. The Bertz CT molecular complexity index is 113. The highest BCUT2D eigenvalue weighted by Gasteiger charge is 2.06. The molecule has 1 unspecified atom stereocenters. The summed E-state index contributed by atoms with van der Waals surface area (Å²) in [6.45, 7) is 5.56. The van der Waals surface area contributed by atoms with E-state index in [9.17, 15) is 4.79 Å². The average molecular weight is 186 g/mol. The van der Waals surface area contributed by atoms with E-state index in [1.54, 1.807) is 0 Å². The third-order valence-corrected chi connectivity index (χ3v) is 2.37. The number of hydrogen-bond donors (Lipinski definition) is 0. The fraction of sp³-hybridized carbons (Fsp3) is 0.909. The van der Waals surface area contributed by atoms with Crippen LogP contribution in [0.5, 0.6) is 0 Å². The molecule has 0 aromatic carbocycles. The van der Waals surface area contributed by atoms with Crippen LogP contribution in [0.15, 0.2) is 0 Å².